The average molecular weight is 439 g/mol. The van der Waals surface area contributed by atoms with E-state index in [1.54, 1.807) is 0 Å². The van der Waals surface area contributed by atoms with Gasteiger partial charge in [0.1, 0.15) is 0 Å². The number of nitrogens with zero attached hydrogens (tertiary/aromatic N) is 3. The molecule has 0 aliphatic carbocycles. The van der Waals surface area contributed by atoms with Crippen LogP contribution >= 0.6 is 23.8 Å². The molecule has 3 heterocycles. The largest absolute Gasteiger partial charge is 0.352 e. The van der Waals surface area contributed by atoms with E-state index in [0.29, 0.717) is 0 Å². The Morgan fingerprint density at radius 1 is 1.07 bits per heavy atom. The first-order valence-electron chi connectivity index (χ1n) is 10.2. The van der Waals surface area contributed by atoms with Gasteiger partial charge < -0.3 is 14.8 Å². The highest BCUT2D eigenvalue weighted by molar-refractivity contribution is 7.80. The Balaban J connectivity index is 1.92. The summed E-state index contributed by atoms with van der Waals surface area (Å²) in [5, 5.41) is 5.06. The third-order valence-electron chi connectivity index (χ3n) is 6.06. The Bertz CT molecular complexity index is 1090. The van der Waals surface area contributed by atoms with Gasteiger partial charge in [0.15, 0.2) is 5.11 Å². The fourth-order valence-corrected chi connectivity index (χ4v) is 5.31. The first-order chi connectivity index (χ1) is 14.3. The fraction of sp³-hybridized carbons (Fsp3) is 0.333. The number of hydrogen-bond donors (Lipinski definition) is 1. The first kappa shape index (κ1) is 20.9. The molecule has 0 bridgehead atoms. The number of rotatable bonds is 4. The lowest BCUT2D eigenvalue weighted by molar-refractivity contribution is 0.268. The van der Waals surface area contributed by atoms with E-state index in [1.165, 1.54) is 22.5 Å². The fourth-order valence-electron chi connectivity index (χ4n) is 4.67. The van der Waals surface area contributed by atoms with Gasteiger partial charge in [0.05, 0.1) is 17.8 Å². The van der Waals surface area contributed by atoms with Crippen LogP contribution in [0, 0.1) is 20.8 Å². The quantitative estimate of drug-likeness (QED) is 0.519. The molecule has 1 saturated heterocycles. The van der Waals surface area contributed by atoms with E-state index >= 15 is 0 Å². The Hall–Kier alpha value is -2.37. The molecule has 1 aliphatic heterocycles. The second-order valence-electron chi connectivity index (χ2n) is 8.15. The highest BCUT2D eigenvalue weighted by Crippen LogP contribution is 2.44. The Morgan fingerprint density at radius 3 is 2.47 bits per heavy atom. The van der Waals surface area contributed by atoms with Gasteiger partial charge in [-0.3, -0.25) is 4.98 Å². The van der Waals surface area contributed by atoms with Crippen molar-refractivity contribution in [3.8, 4) is 5.69 Å². The van der Waals surface area contributed by atoms with Crippen LogP contribution in [0.4, 0.5) is 0 Å². The minimum Gasteiger partial charge on any atom is -0.352 e. The summed E-state index contributed by atoms with van der Waals surface area (Å²) in [5.41, 5.74) is 7.06. The monoisotopic (exact) mass is 438 g/mol. The van der Waals surface area contributed by atoms with Crippen molar-refractivity contribution in [1.29, 1.82) is 0 Å². The summed E-state index contributed by atoms with van der Waals surface area (Å²) in [6.45, 7) is 10.9. The van der Waals surface area contributed by atoms with Crippen molar-refractivity contribution in [3.05, 3.63) is 81.9 Å². The normalized spacial score (nSPS) is 18.9. The molecule has 156 valence electrons. The molecule has 1 aliphatic rings. The van der Waals surface area contributed by atoms with Gasteiger partial charge in [0.25, 0.3) is 0 Å². The van der Waals surface area contributed by atoms with Crippen LogP contribution in [0.25, 0.3) is 5.69 Å². The molecule has 0 saturated carbocycles. The number of thiocarbonyl (C=S) groups is 1. The summed E-state index contributed by atoms with van der Waals surface area (Å²) in [6, 6.07) is 14.4. The number of benzene rings is 1. The maximum Gasteiger partial charge on any atom is 0.170 e. The second kappa shape index (κ2) is 8.05. The first-order valence-corrected chi connectivity index (χ1v) is 11.0. The molecule has 6 heteroatoms. The Kier molecular flexibility index (Phi) is 5.60. The predicted molar refractivity (Wildman–Crippen MR) is 127 cm³/mol. The van der Waals surface area contributed by atoms with Crippen LogP contribution in [0.1, 0.15) is 54.1 Å². The van der Waals surface area contributed by atoms with Gasteiger partial charge in [-0.15, -0.1) is 0 Å². The van der Waals surface area contributed by atoms with E-state index in [-0.39, 0.29) is 18.1 Å². The molecule has 4 nitrogen and oxygen atoms in total. The van der Waals surface area contributed by atoms with Crippen molar-refractivity contribution in [2.75, 3.05) is 0 Å². The van der Waals surface area contributed by atoms with Crippen LogP contribution in [-0.4, -0.2) is 25.6 Å². The predicted octanol–water partition coefficient (Wildman–Crippen LogP) is 5.83. The van der Waals surface area contributed by atoms with Crippen molar-refractivity contribution in [1.82, 2.24) is 19.8 Å². The molecule has 0 radical (unpaired) electrons. The summed E-state index contributed by atoms with van der Waals surface area (Å²) in [7, 11) is 0. The summed E-state index contributed by atoms with van der Waals surface area (Å²) >= 11 is 12.1. The molecule has 0 spiro atoms. The third-order valence-corrected chi connectivity index (χ3v) is 6.62. The third kappa shape index (κ3) is 3.40. The summed E-state index contributed by atoms with van der Waals surface area (Å²) in [5.74, 6) is 0. The smallest absolute Gasteiger partial charge is 0.170 e. The number of hydrogen-bond acceptors (Lipinski definition) is 2. The lowest BCUT2D eigenvalue weighted by Crippen LogP contribution is -2.36. The average Bonchev–Trinajstić information content (AvgIpc) is 3.16. The maximum absolute atomic E-state index is 6.30. The van der Waals surface area contributed by atoms with Crippen LogP contribution < -0.4 is 5.32 Å². The number of pyridine rings is 1. The lowest BCUT2D eigenvalue weighted by atomic mass is 9.93. The highest BCUT2D eigenvalue weighted by atomic mass is 35.5. The van der Waals surface area contributed by atoms with Crippen molar-refractivity contribution < 1.29 is 0 Å². The van der Waals surface area contributed by atoms with Crippen molar-refractivity contribution in [2.45, 2.75) is 52.7 Å². The van der Waals surface area contributed by atoms with Gasteiger partial charge in [-0.2, -0.15) is 0 Å². The molecule has 1 fully saturated rings. The minimum atomic E-state index is -0.00638. The number of aromatic nitrogens is 2. The van der Waals surface area contributed by atoms with Crippen LogP contribution in [0.5, 0.6) is 0 Å². The molecule has 2 aromatic heterocycles. The van der Waals surface area contributed by atoms with Gasteiger partial charge >= 0.3 is 0 Å². The minimum absolute atomic E-state index is 0.00638. The summed E-state index contributed by atoms with van der Waals surface area (Å²) in [6.07, 6.45) is 1.84. The van der Waals surface area contributed by atoms with E-state index < -0.39 is 0 Å². The highest BCUT2D eigenvalue weighted by Gasteiger charge is 2.43. The number of halogens is 1. The van der Waals surface area contributed by atoms with Crippen LogP contribution in [0.2, 0.25) is 5.02 Å². The second-order valence-corrected chi connectivity index (χ2v) is 8.98. The van der Waals surface area contributed by atoms with Crippen LogP contribution in [0.15, 0.2) is 48.7 Å². The van der Waals surface area contributed by atoms with E-state index in [0.717, 1.165) is 21.5 Å². The van der Waals surface area contributed by atoms with E-state index in [2.05, 4.69) is 66.5 Å². The zero-order valence-electron chi connectivity index (χ0n) is 18.0. The van der Waals surface area contributed by atoms with Gasteiger partial charge in [-0.1, -0.05) is 23.7 Å². The Morgan fingerprint density at radius 2 is 1.83 bits per heavy atom. The molecule has 0 amide bonds. The molecule has 1 N–H and O–H groups in total. The lowest BCUT2D eigenvalue weighted by Gasteiger charge is -2.32. The molecule has 2 atom stereocenters. The van der Waals surface area contributed by atoms with Crippen molar-refractivity contribution >= 4 is 28.9 Å². The zero-order valence-corrected chi connectivity index (χ0v) is 19.6. The van der Waals surface area contributed by atoms with Gasteiger partial charge in [0.2, 0.25) is 0 Å². The van der Waals surface area contributed by atoms with Gasteiger partial charge in [0, 0.05) is 39.9 Å². The van der Waals surface area contributed by atoms with E-state index in [9.17, 15) is 0 Å². The molecule has 0 unspecified atom stereocenters. The van der Waals surface area contributed by atoms with Gasteiger partial charge in [-0.25, -0.2) is 0 Å². The Labute approximate surface area is 188 Å². The van der Waals surface area contributed by atoms with E-state index in [1.807, 2.05) is 36.5 Å². The van der Waals surface area contributed by atoms with Crippen LogP contribution in [-0.2, 0) is 0 Å². The maximum atomic E-state index is 6.30. The molecular formula is C24H27ClN4S. The van der Waals surface area contributed by atoms with Crippen molar-refractivity contribution in [3.63, 3.8) is 0 Å². The topological polar surface area (TPSA) is 33.1 Å². The standard InChI is InChI=1S/C24H27ClN4S/c1-14(2)28-23(22(27-24(28)30)20-11-6-7-12-26-20)21-15(3)16(4)29(17(21)5)19-10-8-9-18(25)13-19/h6-14,22-23H,1-5H3,(H,27,30)/t22-,23-/m0/s1. The zero-order chi connectivity index (χ0) is 21.6. The molecule has 1 aromatic carbocycles. The van der Waals surface area contributed by atoms with Crippen molar-refractivity contribution in [2.24, 2.45) is 0 Å². The SMILES string of the molecule is Cc1c([C@H]2[C@H](c3ccccn3)NC(=S)N2C(C)C)c(C)n(-c2cccc(Cl)c2)c1C. The summed E-state index contributed by atoms with van der Waals surface area (Å²) in [4.78, 5) is 6.96. The molecule has 4 rings (SSSR count). The molecule has 3 aromatic rings. The van der Waals surface area contributed by atoms with Crippen LogP contribution in [0.3, 0.4) is 0 Å². The van der Waals surface area contributed by atoms with Gasteiger partial charge in [-0.05, 0) is 82.7 Å². The number of nitrogens with one attached hydrogen (secondary N) is 1. The van der Waals surface area contributed by atoms with E-state index in [4.69, 9.17) is 23.8 Å². The molecule has 30 heavy (non-hydrogen) atoms. The summed E-state index contributed by atoms with van der Waals surface area (Å²) < 4.78 is 2.30. The molecular weight excluding hydrogens is 412 g/mol.